The number of esters is 1. The lowest BCUT2D eigenvalue weighted by atomic mass is 10.0. The van der Waals surface area contributed by atoms with Crippen molar-refractivity contribution in [1.82, 2.24) is 0 Å². The monoisotopic (exact) mass is 321 g/mol. The summed E-state index contributed by atoms with van der Waals surface area (Å²) in [6.07, 6.45) is 0. The third kappa shape index (κ3) is 4.47. The number of allylic oxidation sites excluding steroid dienone is 1. The van der Waals surface area contributed by atoms with Crippen LogP contribution in [0.3, 0.4) is 0 Å². The predicted molar refractivity (Wildman–Crippen MR) is 92.1 cm³/mol. The summed E-state index contributed by atoms with van der Waals surface area (Å²) in [6.45, 7) is 4.12. The number of carbonyl (C=O) groups excluding carboxylic acids is 1. The Labute approximate surface area is 141 Å². The first-order valence-corrected chi connectivity index (χ1v) is 7.71. The van der Waals surface area contributed by atoms with Crippen molar-refractivity contribution < 1.29 is 14.3 Å². The van der Waals surface area contributed by atoms with Gasteiger partial charge in [-0.3, -0.25) is 0 Å². The Morgan fingerprint density at radius 3 is 2.54 bits per heavy atom. The van der Waals surface area contributed by atoms with Gasteiger partial charge in [0.2, 0.25) is 0 Å². The maximum atomic E-state index is 11.9. The molecule has 4 nitrogen and oxygen atoms in total. The van der Waals surface area contributed by atoms with Crippen molar-refractivity contribution in [3.05, 3.63) is 71.3 Å². The zero-order valence-electron chi connectivity index (χ0n) is 13.8. The van der Waals surface area contributed by atoms with Crippen LogP contribution >= 0.6 is 0 Å². The molecule has 2 aromatic rings. The number of rotatable bonds is 6. The summed E-state index contributed by atoms with van der Waals surface area (Å²) in [6, 6.07) is 19.1. The third-order valence-electron chi connectivity index (χ3n) is 3.48. The van der Waals surface area contributed by atoms with Gasteiger partial charge in [-0.05, 0) is 42.7 Å². The van der Waals surface area contributed by atoms with Crippen molar-refractivity contribution >= 4 is 11.5 Å². The van der Waals surface area contributed by atoms with E-state index in [0.29, 0.717) is 17.9 Å². The van der Waals surface area contributed by atoms with Crippen LogP contribution in [0.1, 0.15) is 25.0 Å². The number of carbonyl (C=O) groups is 1. The van der Waals surface area contributed by atoms with Gasteiger partial charge in [0, 0.05) is 0 Å². The summed E-state index contributed by atoms with van der Waals surface area (Å²) in [5.41, 5.74) is 2.41. The molecule has 0 heterocycles. The van der Waals surface area contributed by atoms with Gasteiger partial charge >= 0.3 is 5.97 Å². The molecule has 24 heavy (non-hydrogen) atoms. The largest absolute Gasteiger partial charge is 0.489 e. The van der Waals surface area contributed by atoms with Gasteiger partial charge in [0.1, 0.15) is 24.0 Å². The summed E-state index contributed by atoms with van der Waals surface area (Å²) in [5, 5.41) is 9.24. The van der Waals surface area contributed by atoms with Crippen LogP contribution in [-0.2, 0) is 16.1 Å². The summed E-state index contributed by atoms with van der Waals surface area (Å²) in [4.78, 5) is 11.9. The molecule has 0 aliphatic rings. The zero-order chi connectivity index (χ0) is 17.4. The van der Waals surface area contributed by atoms with Crippen LogP contribution in [0.5, 0.6) is 5.75 Å². The van der Waals surface area contributed by atoms with Crippen LogP contribution in [0.25, 0.3) is 5.57 Å². The molecule has 0 saturated carbocycles. The lowest BCUT2D eigenvalue weighted by Crippen LogP contribution is -2.08. The number of hydrogen-bond donors (Lipinski definition) is 0. The van der Waals surface area contributed by atoms with E-state index in [4.69, 9.17) is 9.47 Å². The Balaban J connectivity index is 2.20. The molecule has 0 aromatic heterocycles. The maximum absolute atomic E-state index is 11.9. The van der Waals surface area contributed by atoms with E-state index in [1.807, 2.05) is 60.7 Å². The molecule has 0 spiro atoms. The average Bonchev–Trinajstić information content (AvgIpc) is 2.62. The van der Waals surface area contributed by atoms with E-state index < -0.39 is 5.97 Å². The van der Waals surface area contributed by atoms with Crippen molar-refractivity contribution in [1.29, 1.82) is 5.26 Å². The average molecular weight is 321 g/mol. The highest BCUT2D eigenvalue weighted by molar-refractivity contribution is 6.01. The van der Waals surface area contributed by atoms with Crippen molar-refractivity contribution in [3.63, 3.8) is 0 Å². The quantitative estimate of drug-likeness (QED) is 0.456. The fraction of sp³-hybridized carbons (Fsp3) is 0.200. The fourth-order valence-electron chi connectivity index (χ4n) is 2.19. The predicted octanol–water partition coefficient (Wildman–Crippen LogP) is 4.13. The number of ether oxygens (including phenoxy) is 2. The smallest absolute Gasteiger partial charge is 0.349 e. The number of benzene rings is 2. The van der Waals surface area contributed by atoms with Gasteiger partial charge in [0.15, 0.2) is 0 Å². The molecule has 122 valence electrons. The van der Waals surface area contributed by atoms with Crippen LogP contribution in [0.4, 0.5) is 0 Å². The van der Waals surface area contributed by atoms with Crippen LogP contribution in [0.2, 0.25) is 0 Å². The van der Waals surface area contributed by atoms with Crippen molar-refractivity contribution in [3.8, 4) is 11.8 Å². The SMILES string of the molecule is CCOC(=O)/C(C#N)=C(\C)c1cccc(OCc2ccccc2)c1. The summed E-state index contributed by atoms with van der Waals surface area (Å²) >= 11 is 0. The highest BCUT2D eigenvalue weighted by Gasteiger charge is 2.15. The molecule has 0 bridgehead atoms. The second-order valence-electron chi connectivity index (χ2n) is 5.13. The van der Waals surface area contributed by atoms with E-state index in [9.17, 15) is 10.1 Å². The molecule has 0 unspecified atom stereocenters. The molecule has 0 N–H and O–H groups in total. The summed E-state index contributed by atoms with van der Waals surface area (Å²) < 4.78 is 10.7. The van der Waals surface area contributed by atoms with Crippen LogP contribution in [0, 0.1) is 11.3 Å². The van der Waals surface area contributed by atoms with Crippen molar-refractivity contribution in [2.45, 2.75) is 20.5 Å². The third-order valence-corrected chi connectivity index (χ3v) is 3.48. The molecular weight excluding hydrogens is 302 g/mol. The van der Waals surface area contributed by atoms with E-state index >= 15 is 0 Å². The van der Waals surface area contributed by atoms with Crippen LogP contribution < -0.4 is 4.74 Å². The van der Waals surface area contributed by atoms with Gasteiger partial charge < -0.3 is 9.47 Å². The molecule has 4 heteroatoms. The topological polar surface area (TPSA) is 59.3 Å². The number of nitrogens with zero attached hydrogens (tertiary/aromatic N) is 1. The van der Waals surface area contributed by atoms with E-state index in [0.717, 1.165) is 11.1 Å². The molecule has 0 saturated heterocycles. The first-order valence-electron chi connectivity index (χ1n) is 7.71. The Bertz CT molecular complexity index is 773. The van der Waals surface area contributed by atoms with Crippen LogP contribution in [-0.4, -0.2) is 12.6 Å². The lowest BCUT2D eigenvalue weighted by Gasteiger charge is -2.10. The zero-order valence-corrected chi connectivity index (χ0v) is 13.8. The van der Waals surface area contributed by atoms with Gasteiger partial charge in [-0.2, -0.15) is 5.26 Å². The normalized spacial score (nSPS) is 11.2. The van der Waals surface area contributed by atoms with E-state index in [2.05, 4.69) is 0 Å². The Kier molecular flexibility index (Phi) is 6.16. The highest BCUT2D eigenvalue weighted by atomic mass is 16.5. The highest BCUT2D eigenvalue weighted by Crippen LogP contribution is 2.23. The Morgan fingerprint density at radius 2 is 1.88 bits per heavy atom. The Morgan fingerprint density at radius 1 is 1.12 bits per heavy atom. The molecule has 0 amide bonds. The molecule has 0 atom stereocenters. The van der Waals surface area contributed by atoms with Crippen molar-refractivity contribution in [2.24, 2.45) is 0 Å². The number of nitriles is 1. The van der Waals surface area contributed by atoms with Gasteiger partial charge in [-0.25, -0.2) is 4.79 Å². The standard InChI is InChI=1S/C20H19NO3/c1-3-23-20(22)19(13-21)15(2)17-10-7-11-18(12-17)24-14-16-8-5-4-6-9-16/h4-12H,3,14H2,1-2H3/b19-15+. The minimum atomic E-state index is -0.604. The Hall–Kier alpha value is -3.06. The van der Waals surface area contributed by atoms with Gasteiger partial charge in [-0.15, -0.1) is 0 Å². The van der Waals surface area contributed by atoms with E-state index in [-0.39, 0.29) is 12.2 Å². The first kappa shape index (κ1) is 17.3. The van der Waals surface area contributed by atoms with Gasteiger partial charge in [0.25, 0.3) is 0 Å². The molecule has 2 aromatic carbocycles. The first-order chi connectivity index (χ1) is 11.7. The fourth-order valence-corrected chi connectivity index (χ4v) is 2.19. The molecule has 0 aliphatic carbocycles. The second kappa shape index (κ2) is 8.54. The van der Waals surface area contributed by atoms with Crippen LogP contribution in [0.15, 0.2) is 60.2 Å². The molecule has 0 fully saturated rings. The summed E-state index contributed by atoms with van der Waals surface area (Å²) in [5.74, 6) is 0.0740. The van der Waals surface area contributed by atoms with E-state index in [1.165, 1.54) is 0 Å². The lowest BCUT2D eigenvalue weighted by molar-refractivity contribution is -0.137. The minimum Gasteiger partial charge on any atom is -0.489 e. The molecular formula is C20H19NO3. The maximum Gasteiger partial charge on any atom is 0.349 e. The number of hydrogen-bond acceptors (Lipinski definition) is 4. The summed E-state index contributed by atoms with van der Waals surface area (Å²) in [7, 11) is 0. The van der Waals surface area contributed by atoms with E-state index in [1.54, 1.807) is 13.8 Å². The van der Waals surface area contributed by atoms with Gasteiger partial charge in [0.05, 0.1) is 6.61 Å². The molecule has 0 radical (unpaired) electrons. The molecule has 2 rings (SSSR count). The molecule has 0 aliphatic heterocycles. The minimum absolute atomic E-state index is 0.0112. The van der Waals surface area contributed by atoms with Gasteiger partial charge in [-0.1, -0.05) is 42.5 Å². The van der Waals surface area contributed by atoms with Crippen molar-refractivity contribution in [2.75, 3.05) is 6.61 Å². The second-order valence-corrected chi connectivity index (χ2v) is 5.13.